The molecule has 1 heterocycles. The van der Waals surface area contributed by atoms with Gasteiger partial charge < -0.3 is 9.30 Å². The van der Waals surface area contributed by atoms with Crippen molar-refractivity contribution in [1.82, 2.24) is 4.57 Å². The van der Waals surface area contributed by atoms with Gasteiger partial charge in [0.15, 0.2) is 0 Å². The van der Waals surface area contributed by atoms with Crippen molar-refractivity contribution in [2.24, 2.45) is 0 Å². The Morgan fingerprint density at radius 3 is 2.55 bits per heavy atom. The summed E-state index contributed by atoms with van der Waals surface area (Å²) in [7, 11) is 0. The number of ketones is 1. The smallest absolute Gasteiger partial charge is 0.250 e. The van der Waals surface area contributed by atoms with Crippen LogP contribution in [0.3, 0.4) is 0 Å². The second kappa shape index (κ2) is 6.70. The Balaban J connectivity index is 1.87. The van der Waals surface area contributed by atoms with Gasteiger partial charge in [0.25, 0.3) is 5.56 Å². The van der Waals surface area contributed by atoms with Crippen LogP contribution in [0.25, 0.3) is 0 Å². The van der Waals surface area contributed by atoms with Crippen LogP contribution >= 0.6 is 0 Å². The lowest BCUT2D eigenvalue weighted by Crippen LogP contribution is -2.21. The molecular formula is C16H17NO3. The molecule has 0 saturated heterocycles. The summed E-state index contributed by atoms with van der Waals surface area (Å²) in [6.45, 7) is 2.51. The van der Waals surface area contributed by atoms with Gasteiger partial charge in [0.05, 0.1) is 6.54 Å². The molecule has 4 nitrogen and oxygen atoms in total. The van der Waals surface area contributed by atoms with E-state index in [4.69, 9.17) is 4.74 Å². The Bertz CT molecular complexity index is 629. The predicted octanol–water partition coefficient (Wildman–Crippen LogP) is 2.06. The van der Waals surface area contributed by atoms with E-state index in [1.165, 1.54) is 6.07 Å². The number of nitrogens with zero attached hydrogens (tertiary/aromatic N) is 1. The molecule has 0 fully saturated rings. The fraction of sp³-hybridized carbons (Fsp3) is 0.250. The van der Waals surface area contributed by atoms with Gasteiger partial charge in [-0.15, -0.1) is 0 Å². The van der Waals surface area contributed by atoms with Gasteiger partial charge in [-0.3, -0.25) is 9.59 Å². The molecule has 0 aliphatic carbocycles. The third-order valence-electron chi connectivity index (χ3n) is 2.88. The summed E-state index contributed by atoms with van der Waals surface area (Å²) in [5.74, 6) is 0.878. The van der Waals surface area contributed by atoms with Crippen LogP contribution in [0.4, 0.5) is 0 Å². The van der Waals surface area contributed by atoms with Crippen molar-refractivity contribution in [3.05, 3.63) is 64.6 Å². The molecule has 0 amide bonds. The van der Waals surface area contributed by atoms with E-state index in [0.717, 1.165) is 11.3 Å². The van der Waals surface area contributed by atoms with Crippen molar-refractivity contribution < 1.29 is 9.53 Å². The maximum Gasteiger partial charge on any atom is 0.250 e. The number of carbonyl (C=O) groups is 1. The number of Topliss-reactive ketones (excluding diaryl/α,β-unsaturated/α-hetero) is 1. The molecule has 0 N–H and O–H groups in total. The van der Waals surface area contributed by atoms with Crippen LogP contribution in [0.15, 0.2) is 53.5 Å². The minimum atomic E-state index is -0.0343. The fourth-order valence-corrected chi connectivity index (χ4v) is 1.90. The Hall–Kier alpha value is -2.36. The van der Waals surface area contributed by atoms with E-state index in [-0.39, 0.29) is 11.3 Å². The molecule has 4 heteroatoms. The minimum Gasteiger partial charge on any atom is -0.492 e. The first-order chi connectivity index (χ1) is 9.65. The standard InChI is InChI=1S/C16H17NO3/c1-13(18)12-14-5-7-15(8-6-14)20-11-10-17-9-3-2-4-16(17)19/h2-9H,10-12H2,1H3. The summed E-state index contributed by atoms with van der Waals surface area (Å²) >= 11 is 0. The number of aromatic nitrogens is 1. The Morgan fingerprint density at radius 1 is 1.15 bits per heavy atom. The van der Waals surface area contributed by atoms with Crippen molar-refractivity contribution in [3.63, 3.8) is 0 Å². The lowest BCUT2D eigenvalue weighted by Gasteiger charge is -2.08. The molecule has 0 aliphatic rings. The minimum absolute atomic E-state index is 0.0343. The van der Waals surface area contributed by atoms with E-state index in [2.05, 4.69) is 0 Å². The van der Waals surface area contributed by atoms with Gasteiger partial charge in [-0.1, -0.05) is 18.2 Å². The normalized spacial score (nSPS) is 10.2. The van der Waals surface area contributed by atoms with E-state index < -0.39 is 0 Å². The number of carbonyl (C=O) groups excluding carboxylic acids is 1. The second-order valence-electron chi connectivity index (χ2n) is 4.60. The van der Waals surface area contributed by atoms with Crippen molar-refractivity contribution in [2.75, 3.05) is 6.61 Å². The SMILES string of the molecule is CC(=O)Cc1ccc(OCCn2ccccc2=O)cc1. The highest BCUT2D eigenvalue weighted by Crippen LogP contribution is 2.12. The molecule has 0 aliphatic heterocycles. The van der Waals surface area contributed by atoms with Gasteiger partial charge in [0.1, 0.15) is 18.1 Å². The van der Waals surface area contributed by atoms with Gasteiger partial charge in [0.2, 0.25) is 0 Å². The number of benzene rings is 1. The van der Waals surface area contributed by atoms with Crippen LogP contribution in [0, 0.1) is 0 Å². The number of hydrogen-bond donors (Lipinski definition) is 0. The van der Waals surface area contributed by atoms with E-state index in [0.29, 0.717) is 19.6 Å². The molecular weight excluding hydrogens is 254 g/mol. The van der Waals surface area contributed by atoms with Crippen LogP contribution in [0.5, 0.6) is 5.75 Å². The van der Waals surface area contributed by atoms with Gasteiger partial charge >= 0.3 is 0 Å². The van der Waals surface area contributed by atoms with Crippen LogP contribution < -0.4 is 10.3 Å². The molecule has 20 heavy (non-hydrogen) atoms. The highest BCUT2D eigenvalue weighted by molar-refractivity contribution is 5.78. The topological polar surface area (TPSA) is 48.3 Å². The lowest BCUT2D eigenvalue weighted by molar-refractivity contribution is -0.116. The van der Waals surface area contributed by atoms with E-state index >= 15 is 0 Å². The van der Waals surface area contributed by atoms with Crippen LogP contribution in [0.1, 0.15) is 12.5 Å². The van der Waals surface area contributed by atoms with Crippen LogP contribution in [-0.4, -0.2) is 17.0 Å². The zero-order valence-electron chi connectivity index (χ0n) is 11.4. The summed E-state index contributed by atoms with van der Waals surface area (Å²) in [6, 6.07) is 12.5. The van der Waals surface area contributed by atoms with Crippen molar-refractivity contribution in [1.29, 1.82) is 0 Å². The highest BCUT2D eigenvalue weighted by Gasteiger charge is 1.99. The zero-order chi connectivity index (χ0) is 14.4. The molecule has 2 aromatic rings. The number of pyridine rings is 1. The molecule has 1 aromatic heterocycles. The average Bonchev–Trinajstić information content (AvgIpc) is 2.42. The number of ether oxygens (including phenoxy) is 1. The van der Waals surface area contributed by atoms with Gasteiger partial charge in [-0.2, -0.15) is 0 Å². The van der Waals surface area contributed by atoms with Gasteiger partial charge in [0, 0.05) is 18.7 Å². The fourth-order valence-electron chi connectivity index (χ4n) is 1.90. The zero-order valence-corrected chi connectivity index (χ0v) is 11.4. The summed E-state index contributed by atoms with van der Waals surface area (Å²) in [6.07, 6.45) is 2.18. The first-order valence-corrected chi connectivity index (χ1v) is 6.52. The quantitative estimate of drug-likeness (QED) is 0.808. The molecule has 0 radical (unpaired) electrons. The maximum absolute atomic E-state index is 11.5. The average molecular weight is 271 g/mol. The summed E-state index contributed by atoms with van der Waals surface area (Å²) < 4.78 is 7.18. The monoisotopic (exact) mass is 271 g/mol. The van der Waals surface area contributed by atoms with Crippen molar-refractivity contribution >= 4 is 5.78 Å². The van der Waals surface area contributed by atoms with E-state index in [1.807, 2.05) is 30.3 Å². The first kappa shape index (κ1) is 14.1. The molecule has 1 aromatic carbocycles. The first-order valence-electron chi connectivity index (χ1n) is 6.52. The number of hydrogen-bond acceptors (Lipinski definition) is 3. The summed E-state index contributed by atoms with van der Waals surface area (Å²) in [5.41, 5.74) is 0.942. The number of rotatable bonds is 6. The van der Waals surface area contributed by atoms with Crippen molar-refractivity contribution in [3.8, 4) is 5.75 Å². The Morgan fingerprint density at radius 2 is 1.90 bits per heavy atom. The largest absolute Gasteiger partial charge is 0.492 e. The molecule has 2 rings (SSSR count). The third kappa shape index (κ3) is 4.09. The predicted molar refractivity (Wildman–Crippen MR) is 77.0 cm³/mol. The Kier molecular flexibility index (Phi) is 4.71. The van der Waals surface area contributed by atoms with Crippen LogP contribution in [0.2, 0.25) is 0 Å². The van der Waals surface area contributed by atoms with Crippen LogP contribution in [-0.2, 0) is 17.8 Å². The summed E-state index contributed by atoms with van der Waals surface area (Å²) in [4.78, 5) is 22.5. The Labute approximate surface area is 117 Å². The van der Waals surface area contributed by atoms with Crippen molar-refractivity contribution in [2.45, 2.75) is 19.9 Å². The second-order valence-corrected chi connectivity index (χ2v) is 4.60. The molecule has 0 bridgehead atoms. The van der Waals surface area contributed by atoms with E-state index in [1.54, 1.807) is 23.8 Å². The molecule has 0 spiro atoms. The molecule has 0 saturated carbocycles. The summed E-state index contributed by atoms with van der Waals surface area (Å²) in [5, 5.41) is 0. The molecule has 0 unspecified atom stereocenters. The molecule has 104 valence electrons. The van der Waals surface area contributed by atoms with Gasteiger partial charge in [-0.25, -0.2) is 0 Å². The van der Waals surface area contributed by atoms with Gasteiger partial charge in [-0.05, 0) is 30.7 Å². The third-order valence-corrected chi connectivity index (χ3v) is 2.88. The maximum atomic E-state index is 11.5. The highest BCUT2D eigenvalue weighted by atomic mass is 16.5. The molecule has 0 atom stereocenters. The lowest BCUT2D eigenvalue weighted by atomic mass is 10.1. The van der Waals surface area contributed by atoms with E-state index in [9.17, 15) is 9.59 Å².